The average Bonchev–Trinajstić information content (AvgIpc) is 3.69. The number of likely N-dealkylation sites (N-methyl/N-ethyl adjacent to an activating group) is 1. The molecule has 0 bridgehead atoms. The zero-order chi connectivity index (χ0) is 58.2. The minimum absolute atomic E-state index is 0.0160. The molecule has 1 aliphatic carbocycles. The van der Waals surface area contributed by atoms with E-state index >= 15 is 0 Å². The van der Waals surface area contributed by atoms with E-state index in [1.807, 2.05) is 24.8 Å². The molecule has 8 amide bonds. The normalized spacial score (nSPS) is 19.5. The van der Waals surface area contributed by atoms with Gasteiger partial charge in [-0.15, -0.1) is 0 Å². The van der Waals surface area contributed by atoms with Crippen LogP contribution in [0.25, 0.3) is 0 Å². The van der Waals surface area contributed by atoms with E-state index in [1.165, 1.54) is 5.32 Å². The summed E-state index contributed by atoms with van der Waals surface area (Å²) in [6.45, 7) is 21.0. The van der Waals surface area contributed by atoms with Crippen LogP contribution in [0, 0.1) is 56.7 Å². The van der Waals surface area contributed by atoms with Gasteiger partial charge in [0.15, 0.2) is 0 Å². The van der Waals surface area contributed by atoms with Gasteiger partial charge in [0.2, 0.25) is 42.5 Å². The maximum atomic E-state index is 13.3. The fourth-order valence-electron chi connectivity index (χ4n) is 7.49. The van der Waals surface area contributed by atoms with E-state index in [1.54, 1.807) is 19.9 Å². The number of rotatable bonds is 19. The molecule has 0 aromatic rings. The fourth-order valence-corrected chi connectivity index (χ4v) is 7.49. The standard InChI is InChI=1S/C22H31F6N5O4.C13H25NO.C8H11N3O2.C2H2F3NO.C2H6/c1-20(2)9-14(20)15(33(3)19(37)16(31-11-34)22(26,27)28)18(36)32-13(10-29)8-12(17(30)35)6-4-5-7-21(23,24)25;1-12(2,3)10-11(15)14-8-6-13(4,5)7-9-14;9-4-7(11-5-12)3-6-1-2-10-8(6)13;3-2(4,5)1(6)7;1-2/h11-16H,4-9H2,1-3H3,(H2,30,35)(H,31,34)(H,32,36);6-10H2,1-5H3;5-7H,1-3H2,(H,10,13)(H,11,12);(H2,6,7);1-2H3/t12-,13-,14-,15-,16+;;6-,7-;;/m0.0../s1. The van der Waals surface area contributed by atoms with Gasteiger partial charge in [0.25, 0.3) is 5.91 Å². The Kier molecular flexibility index (Phi) is 29.5. The van der Waals surface area contributed by atoms with E-state index in [2.05, 4.69) is 56.3 Å². The third-order valence-electron chi connectivity index (χ3n) is 12.0. The van der Waals surface area contributed by atoms with E-state index in [-0.39, 0.29) is 49.3 Å². The van der Waals surface area contributed by atoms with Crippen molar-refractivity contribution in [2.45, 2.75) is 176 Å². The zero-order valence-corrected chi connectivity index (χ0v) is 43.7. The van der Waals surface area contributed by atoms with Gasteiger partial charge < -0.3 is 42.5 Å². The second kappa shape index (κ2) is 31.1. The molecule has 0 unspecified atom stereocenters. The van der Waals surface area contributed by atoms with Crippen LogP contribution in [0.1, 0.15) is 133 Å². The number of nitrogens with two attached hydrogens (primary N) is 2. The number of unbranched alkanes of at least 4 members (excludes halogenated alkanes) is 1. The molecule has 3 rings (SSSR count). The first kappa shape index (κ1) is 70.2. The number of nitrogens with one attached hydrogen (secondary N) is 4. The third kappa shape index (κ3) is 28.0. The second-order valence-corrected chi connectivity index (χ2v) is 20.5. The van der Waals surface area contributed by atoms with Crippen molar-refractivity contribution in [2.24, 2.45) is 45.5 Å². The molecular formula is C47H75F9N10O8. The van der Waals surface area contributed by atoms with Crippen LogP contribution in [0.4, 0.5) is 39.5 Å². The number of piperidine rings is 1. The molecule has 3 aliphatic rings. The molecule has 424 valence electrons. The number of hydrogen-bond donors (Lipinski definition) is 6. The summed E-state index contributed by atoms with van der Waals surface area (Å²) in [6.07, 6.45) is -11.4. The Bertz CT molecular complexity index is 1920. The summed E-state index contributed by atoms with van der Waals surface area (Å²) in [5.74, 6) is -7.11. The number of primary amides is 2. The van der Waals surface area contributed by atoms with Gasteiger partial charge in [-0.25, -0.2) is 0 Å². The molecule has 2 saturated heterocycles. The molecule has 27 heteroatoms. The van der Waals surface area contributed by atoms with Gasteiger partial charge in [-0.1, -0.05) is 68.7 Å². The highest BCUT2D eigenvalue weighted by Gasteiger charge is 2.57. The quantitative estimate of drug-likeness (QED) is 0.0541. The minimum Gasteiger partial charge on any atom is -0.369 e. The second-order valence-electron chi connectivity index (χ2n) is 20.5. The summed E-state index contributed by atoms with van der Waals surface area (Å²) in [5.41, 5.74) is 9.14. The van der Waals surface area contributed by atoms with Crippen molar-refractivity contribution in [2.75, 3.05) is 26.7 Å². The largest absolute Gasteiger partial charge is 0.470 e. The molecule has 0 radical (unpaired) electrons. The van der Waals surface area contributed by atoms with Crippen LogP contribution in [0.3, 0.4) is 0 Å². The number of halogens is 9. The fraction of sp³-hybridized carbons (Fsp3) is 0.787. The number of carbonyl (C=O) groups is 8. The number of nitrogens with zero attached hydrogens (tertiary/aromatic N) is 4. The van der Waals surface area contributed by atoms with Crippen molar-refractivity contribution in [3.05, 3.63) is 0 Å². The summed E-state index contributed by atoms with van der Waals surface area (Å²) >= 11 is 0. The van der Waals surface area contributed by atoms with Gasteiger partial charge in [0.05, 0.1) is 12.1 Å². The van der Waals surface area contributed by atoms with Crippen molar-refractivity contribution in [3.63, 3.8) is 0 Å². The molecule has 8 N–H and O–H groups in total. The summed E-state index contributed by atoms with van der Waals surface area (Å²) in [4.78, 5) is 93.0. The number of likely N-dealkylation sites (tertiary alicyclic amines) is 1. The lowest BCUT2D eigenvalue weighted by molar-refractivity contribution is -0.178. The van der Waals surface area contributed by atoms with Crippen LogP contribution in [0.15, 0.2) is 0 Å². The summed E-state index contributed by atoms with van der Waals surface area (Å²) in [7, 11) is 0.973. The molecule has 2 heterocycles. The Hall–Kier alpha value is -5.89. The first-order valence-corrected chi connectivity index (χ1v) is 23.9. The molecule has 0 aromatic carbocycles. The number of nitriles is 2. The molecule has 0 aromatic heterocycles. The minimum atomic E-state index is -5.14. The van der Waals surface area contributed by atoms with E-state index in [4.69, 9.17) is 15.8 Å². The highest BCUT2D eigenvalue weighted by Crippen LogP contribution is 2.54. The van der Waals surface area contributed by atoms with Crippen molar-refractivity contribution in [1.82, 2.24) is 31.1 Å². The Morgan fingerprint density at radius 3 is 1.74 bits per heavy atom. The van der Waals surface area contributed by atoms with Gasteiger partial charge >= 0.3 is 24.4 Å². The predicted molar refractivity (Wildman–Crippen MR) is 251 cm³/mol. The summed E-state index contributed by atoms with van der Waals surface area (Å²) in [5, 5.41) is 26.8. The number of alkyl halides is 9. The number of amides is 8. The topological polar surface area (TPSA) is 291 Å². The van der Waals surface area contributed by atoms with Crippen molar-refractivity contribution < 1.29 is 77.9 Å². The van der Waals surface area contributed by atoms with Gasteiger partial charge in [0.1, 0.15) is 18.1 Å². The lowest BCUT2D eigenvalue weighted by Gasteiger charge is -2.37. The van der Waals surface area contributed by atoms with E-state index < -0.39 is 90.0 Å². The molecule has 7 atom stereocenters. The molecule has 74 heavy (non-hydrogen) atoms. The Morgan fingerprint density at radius 1 is 0.878 bits per heavy atom. The molecule has 18 nitrogen and oxygen atoms in total. The summed E-state index contributed by atoms with van der Waals surface area (Å²) < 4.78 is 109. The zero-order valence-electron chi connectivity index (χ0n) is 43.7. The van der Waals surface area contributed by atoms with Crippen LogP contribution >= 0.6 is 0 Å². The summed E-state index contributed by atoms with van der Waals surface area (Å²) in [6, 6.07) is -2.56. The highest BCUT2D eigenvalue weighted by molar-refractivity contribution is 5.92. The van der Waals surface area contributed by atoms with E-state index in [9.17, 15) is 78.3 Å². The first-order valence-electron chi connectivity index (χ1n) is 23.9. The smallest absolute Gasteiger partial charge is 0.369 e. The lowest BCUT2D eigenvalue weighted by atomic mass is 9.82. The maximum Gasteiger partial charge on any atom is 0.470 e. The van der Waals surface area contributed by atoms with Crippen LogP contribution in [-0.4, -0.2) is 127 Å². The van der Waals surface area contributed by atoms with Crippen LogP contribution in [0.2, 0.25) is 0 Å². The molecule has 3 fully saturated rings. The van der Waals surface area contributed by atoms with E-state index in [0.717, 1.165) is 39.4 Å². The van der Waals surface area contributed by atoms with E-state index in [0.29, 0.717) is 48.4 Å². The maximum absolute atomic E-state index is 13.3. The van der Waals surface area contributed by atoms with Gasteiger partial charge in [-0.3, -0.25) is 38.4 Å². The van der Waals surface area contributed by atoms with Crippen molar-refractivity contribution >= 4 is 48.3 Å². The first-order chi connectivity index (χ1) is 33.8. The number of carbonyl (C=O) groups excluding carboxylic acids is 8. The van der Waals surface area contributed by atoms with Crippen molar-refractivity contribution in [1.29, 1.82) is 10.5 Å². The lowest BCUT2D eigenvalue weighted by Crippen LogP contribution is -2.59. The molecule has 2 aliphatic heterocycles. The number of hydrogen-bond acceptors (Lipinski definition) is 10. The Balaban J connectivity index is 0. The van der Waals surface area contributed by atoms with Crippen LogP contribution in [0.5, 0.6) is 0 Å². The van der Waals surface area contributed by atoms with Crippen LogP contribution < -0.4 is 32.7 Å². The Labute approximate surface area is 426 Å². The molecular weight excluding hydrogens is 1000 g/mol. The molecule has 1 saturated carbocycles. The monoisotopic (exact) mass is 1080 g/mol. The van der Waals surface area contributed by atoms with Gasteiger partial charge in [0, 0.05) is 51.4 Å². The SMILES string of the molecule is CC.CC(C)(C)CC(=O)N1CCC(C)(C)CC1.CN(C(=O)[C@@H](NC=O)C(F)(F)F)[C@H](C(=O)N[C@H](C#N)C[C@H](CCCCC(F)(F)F)C(N)=O)[C@@H]1CC1(C)C.N#C[C@H](C[C@@H]1CCNC1=O)NC=O.NC(=O)C(F)(F)F. The predicted octanol–water partition coefficient (Wildman–Crippen LogP) is 5.44. The van der Waals surface area contributed by atoms with Crippen LogP contribution in [-0.2, 0) is 38.4 Å². The van der Waals surface area contributed by atoms with Gasteiger partial charge in [-0.2, -0.15) is 50.0 Å². The molecule has 0 spiro atoms. The average molecular weight is 1080 g/mol. The van der Waals surface area contributed by atoms with Crippen molar-refractivity contribution in [3.8, 4) is 12.1 Å². The van der Waals surface area contributed by atoms with Gasteiger partial charge in [-0.05, 0) is 73.5 Å². The highest BCUT2D eigenvalue weighted by atomic mass is 19.4. The Morgan fingerprint density at radius 2 is 1.38 bits per heavy atom. The third-order valence-corrected chi connectivity index (χ3v) is 12.0.